The lowest BCUT2D eigenvalue weighted by molar-refractivity contribution is 0.481. The van der Waals surface area contributed by atoms with E-state index in [1.54, 1.807) is 6.07 Å². The van der Waals surface area contributed by atoms with Crippen molar-refractivity contribution in [3.05, 3.63) is 30.5 Å². The Kier molecular flexibility index (Phi) is 1.57. The van der Waals surface area contributed by atoms with Gasteiger partial charge in [-0.15, -0.1) is 0 Å². The highest BCUT2D eigenvalue weighted by Gasteiger charge is 2.22. The summed E-state index contributed by atoms with van der Waals surface area (Å²) in [6.07, 6.45) is 4.79. The first-order valence-corrected chi connectivity index (χ1v) is 5.11. The molecule has 14 heavy (non-hydrogen) atoms. The number of rotatable bonds is 2. The van der Waals surface area contributed by atoms with Gasteiger partial charge >= 0.3 is 0 Å². The predicted molar refractivity (Wildman–Crippen MR) is 56.3 cm³/mol. The second-order valence-corrected chi connectivity index (χ2v) is 4.12. The van der Waals surface area contributed by atoms with E-state index in [0.29, 0.717) is 5.75 Å². The molecule has 1 aromatic heterocycles. The number of nitrogens with zero attached hydrogens (tertiary/aromatic N) is 1. The molecule has 1 aromatic carbocycles. The van der Waals surface area contributed by atoms with Gasteiger partial charge in [0.2, 0.25) is 0 Å². The fraction of sp³-hybridized carbons (Fsp3) is 0.333. The molecule has 3 rings (SSSR count). The van der Waals surface area contributed by atoms with Crippen molar-refractivity contribution in [2.75, 3.05) is 0 Å². The Morgan fingerprint density at radius 1 is 1.29 bits per heavy atom. The molecule has 2 heteroatoms. The number of hydrogen-bond donors (Lipinski definition) is 1. The average molecular weight is 187 g/mol. The van der Waals surface area contributed by atoms with Gasteiger partial charge in [-0.3, -0.25) is 0 Å². The lowest BCUT2D eigenvalue weighted by atomic mass is 10.2. The van der Waals surface area contributed by atoms with Gasteiger partial charge in [-0.25, -0.2) is 0 Å². The molecule has 72 valence electrons. The molecule has 0 radical (unpaired) electrons. The van der Waals surface area contributed by atoms with Crippen molar-refractivity contribution in [2.45, 2.75) is 19.4 Å². The Morgan fingerprint density at radius 2 is 2.14 bits per heavy atom. The van der Waals surface area contributed by atoms with E-state index >= 15 is 0 Å². The first kappa shape index (κ1) is 7.92. The van der Waals surface area contributed by atoms with Gasteiger partial charge in [0.25, 0.3) is 0 Å². The molecule has 2 nitrogen and oxygen atoms in total. The van der Waals surface area contributed by atoms with Gasteiger partial charge in [0.1, 0.15) is 5.75 Å². The minimum atomic E-state index is 0.386. The van der Waals surface area contributed by atoms with E-state index in [1.807, 2.05) is 12.1 Å². The summed E-state index contributed by atoms with van der Waals surface area (Å²) >= 11 is 0. The highest BCUT2D eigenvalue weighted by atomic mass is 16.3. The molecule has 0 atom stereocenters. The smallest absolute Gasteiger partial charge is 0.124 e. The van der Waals surface area contributed by atoms with Crippen LogP contribution in [0.3, 0.4) is 0 Å². The highest BCUT2D eigenvalue weighted by molar-refractivity contribution is 5.86. The van der Waals surface area contributed by atoms with Gasteiger partial charge in [-0.2, -0.15) is 0 Å². The van der Waals surface area contributed by atoms with E-state index in [0.717, 1.165) is 23.4 Å². The number of aromatic hydroxyl groups is 1. The number of phenols is 1. The monoisotopic (exact) mass is 187 g/mol. The molecule has 1 aliphatic rings. The number of aromatic nitrogens is 1. The van der Waals surface area contributed by atoms with Crippen molar-refractivity contribution < 1.29 is 5.11 Å². The molecule has 1 saturated carbocycles. The van der Waals surface area contributed by atoms with Crippen molar-refractivity contribution in [2.24, 2.45) is 5.92 Å². The minimum Gasteiger partial charge on any atom is -0.507 e. The van der Waals surface area contributed by atoms with Crippen LogP contribution >= 0.6 is 0 Å². The van der Waals surface area contributed by atoms with Gasteiger partial charge in [-0.1, -0.05) is 6.07 Å². The van der Waals surface area contributed by atoms with E-state index in [1.165, 1.54) is 12.8 Å². The summed E-state index contributed by atoms with van der Waals surface area (Å²) in [5.41, 5.74) is 1.15. The molecule has 0 unspecified atom stereocenters. The van der Waals surface area contributed by atoms with Crippen LogP contribution in [0.5, 0.6) is 5.75 Å². The number of benzene rings is 1. The fourth-order valence-electron chi connectivity index (χ4n) is 1.95. The third kappa shape index (κ3) is 1.18. The molecular weight excluding hydrogens is 174 g/mol. The first-order chi connectivity index (χ1) is 6.84. The zero-order chi connectivity index (χ0) is 9.54. The van der Waals surface area contributed by atoms with Crippen LogP contribution in [0.2, 0.25) is 0 Å². The third-order valence-corrected chi connectivity index (χ3v) is 2.94. The maximum Gasteiger partial charge on any atom is 0.124 e. The quantitative estimate of drug-likeness (QED) is 0.768. The molecule has 2 aromatic rings. The molecule has 0 saturated heterocycles. The number of phenolic OH excluding ortho intramolecular Hbond substituents is 1. The van der Waals surface area contributed by atoms with Gasteiger partial charge in [0.05, 0.1) is 5.52 Å². The van der Waals surface area contributed by atoms with Gasteiger partial charge in [-0.05, 0) is 37.0 Å². The molecule has 0 bridgehead atoms. The molecule has 1 heterocycles. The molecule has 1 fully saturated rings. The molecule has 1 aliphatic carbocycles. The maximum atomic E-state index is 9.62. The van der Waals surface area contributed by atoms with Crippen molar-refractivity contribution >= 4 is 10.9 Å². The summed E-state index contributed by atoms with van der Waals surface area (Å²) in [6, 6.07) is 7.70. The average Bonchev–Trinajstić information content (AvgIpc) is 2.88. The zero-order valence-electron chi connectivity index (χ0n) is 7.98. The molecule has 0 aliphatic heterocycles. The summed E-state index contributed by atoms with van der Waals surface area (Å²) in [5, 5.41) is 10.6. The van der Waals surface area contributed by atoms with Crippen LogP contribution in [0.25, 0.3) is 10.9 Å². The van der Waals surface area contributed by atoms with E-state index in [4.69, 9.17) is 0 Å². The molecule has 1 N–H and O–H groups in total. The summed E-state index contributed by atoms with van der Waals surface area (Å²) in [7, 11) is 0. The summed E-state index contributed by atoms with van der Waals surface area (Å²) < 4.78 is 2.24. The Bertz CT molecular complexity index is 468. The lowest BCUT2D eigenvalue weighted by Gasteiger charge is -2.03. The van der Waals surface area contributed by atoms with Crippen molar-refractivity contribution in [3.8, 4) is 5.75 Å². The summed E-state index contributed by atoms with van der Waals surface area (Å²) in [6.45, 7) is 1.10. The van der Waals surface area contributed by atoms with Gasteiger partial charge in [0.15, 0.2) is 0 Å². The van der Waals surface area contributed by atoms with Crippen LogP contribution in [0, 0.1) is 5.92 Å². The molecule has 0 spiro atoms. The van der Waals surface area contributed by atoms with E-state index in [2.05, 4.69) is 16.8 Å². The van der Waals surface area contributed by atoms with Crippen molar-refractivity contribution in [1.82, 2.24) is 4.57 Å². The maximum absolute atomic E-state index is 9.62. The molecular formula is C12H13NO. The second-order valence-electron chi connectivity index (χ2n) is 4.12. The predicted octanol–water partition coefficient (Wildman–Crippen LogP) is 2.76. The van der Waals surface area contributed by atoms with Crippen LogP contribution in [0.15, 0.2) is 30.5 Å². The van der Waals surface area contributed by atoms with Crippen LogP contribution < -0.4 is 0 Å². The van der Waals surface area contributed by atoms with E-state index in [-0.39, 0.29) is 0 Å². The van der Waals surface area contributed by atoms with Crippen LogP contribution in [0.1, 0.15) is 12.8 Å². The lowest BCUT2D eigenvalue weighted by Crippen LogP contribution is -1.96. The van der Waals surface area contributed by atoms with E-state index < -0.39 is 0 Å². The Labute approximate surface area is 82.8 Å². The van der Waals surface area contributed by atoms with Gasteiger partial charge < -0.3 is 9.67 Å². The Morgan fingerprint density at radius 3 is 2.93 bits per heavy atom. The normalized spacial score (nSPS) is 16.3. The van der Waals surface area contributed by atoms with E-state index in [9.17, 15) is 5.11 Å². The standard InChI is InChI=1S/C12H13NO/c14-12-3-1-2-11-10(12)6-7-13(11)8-9-4-5-9/h1-3,6-7,9,14H,4-5,8H2. The van der Waals surface area contributed by atoms with Crippen molar-refractivity contribution in [3.63, 3.8) is 0 Å². The molecule has 0 amide bonds. The second kappa shape index (κ2) is 2.77. The Hall–Kier alpha value is -1.44. The topological polar surface area (TPSA) is 25.2 Å². The summed E-state index contributed by atoms with van der Waals surface area (Å²) in [5.74, 6) is 1.25. The number of hydrogen-bond acceptors (Lipinski definition) is 1. The van der Waals surface area contributed by atoms with Crippen LogP contribution in [-0.4, -0.2) is 9.67 Å². The third-order valence-electron chi connectivity index (χ3n) is 2.94. The van der Waals surface area contributed by atoms with Crippen molar-refractivity contribution in [1.29, 1.82) is 0 Å². The SMILES string of the molecule is Oc1cccc2c1ccn2CC1CC1. The van der Waals surface area contributed by atoms with Gasteiger partial charge in [0, 0.05) is 18.1 Å². The zero-order valence-corrected chi connectivity index (χ0v) is 7.98. The van der Waals surface area contributed by atoms with Crippen LogP contribution in [-0.2, 0) is 6.54 Å². The Balaban J connectivity index is 2.10. The highest BCUT2D eigenvalue weighted by Crippen LogP contribution is 2.33. The van der Waals surface area contributed by atoms with Crippen LogP contribution in [0.4, 0.5) is 0 Å². The summed E-state index contributed by atoms with van der Waals surface area (Å²) in [4.78, 5) is 0. The largest absolute Gasteiger partial charge is 0.507 e. The minimum absolute atomic E-state index is 0.386. The first-order valence-electron chi connectivity index (χ1n) is 5.11. The fourth-order valence-corrected chi connectivity index (χ4v) is 1.95. The number of fused-ring (bicyclic) bond motifs is 1.